The molecule has 0 radical (unpaired) electrons. The number of hydrogen-bond acceptors (Lipinski definition) is 3. The number of ether oxygens (including phenoxy) is 1. The fourth-order valence-electron chi connectivity index (χ4n) is 2.66. The summed E-state index contributed by atoms with van der Waals surface area (Å²) in [6.07, 6.45) is 2.13. The quantitative estimate of drug-likeness (QED) is 0.877. The first kappa shape index (κ1) is 16.7. The second-order valence-corrected chi connectivity index (χ2v) is 6.14. The Labute approximate surface area is 131 Å². The summed E-state index contributed by atoms with van der Waals surface area (Å²) in [5, 5.41) is 2.89. The lowest BCUT2D eigenvalue weighted by molar-refractivity contribution is -0.124. The third-order valence-corrected chi connectivity index (χ3v) is 4.18. The van der Waals surface area contributed by atoms with Crippen LogP contribution in [0.4, 0.5) is 10.1 Å². The Balaban J connectivity index is 1.88. The molecule has 1 aromatic carbocycles. The van der Waals surface area contributed by atoms with Crippen molar-refractivity contribution in [3.63, 3.8) is 0 Å². The Morgan fingerprint density at radius 2 is 2.09 bits per heavy atom. The number of rotatable bonds is 6. The van der Waals surface area contributed by atoms with E-state index in [0.29, 0.717) is 38.9 Å². The Morgan fingerprint density at radius 1 is 1.36 bits per heavy atom. The van der Waals surface area contributed by atoms with Gasteiger partial charge in [-0.05, 0) is 37.0 Å². The van der Waals surface area contributed by atoms with E-state index in [0.717, 1.165) is 11.3 Å². The maximum atomic E-state index is 13.3. The van der Waals surface area contributed by atoms with E-state index in [1.807, 2.05) is 37.2 Å². The molecule has 5 heteroatoms. The molecule has 1 aliphatic heterocycles. The number of hydrogen-bond donors (Lipinski definition) is 1. The number of alkyl halides is 1. The monoisotopic (exact) mass is 308 g/mol. The first-order valence-corrected chi connectivity index (χ1v) is 7.76. The zero-order valence-corrected chi connectivity index (χ0v) is 13.4. The fraction of sp³-hybridized carbons (Fsp3) is 0.588. The van der Waals surface area contributed by atoms with E-state index in [1.165, 1.54) is 0 Å². The molecule has 0 atom stereocenters. The van der Waals surface area contributed by atoms with Crippen LogP contribution in [0.1, 0.15) is 24.8 Å². The van der Waals surface area contributed by atoms with Crippen molar-refractivity contribution in [1.29, 1.82) is 0 Å². The number of carbonyl (C=O) groups excluding carboxylic acids is 1. The molecule has 1 fully saturated rings. The molecule has 1 saturated heterocycles. The molecule has 1 N–H and O–H groups in total. The van der Waals surface area contributed by atoms with Crippen LogP contribution in [0.3, 0.4) is 0 Å². The Kier molecular flexibility index (Phi) is 5.77. The summed E-state index contributed by atoms with van der Waals surface area (Å²) in [7, 11) is 3.98. The van der Waals surface area contributed by atoms with Gasteiger partial charge < -0.3 is 15.0 Å². The van der Waals surface area contributed by atoms with Crippen molar-refractivity contribution in [2.45, 2.75) is 31.2 Å². The topological polar surface area (TPSA) is 41.6 Å². The molecule has 0 aromatic heterocycles. The van der Waals surface area contributed by atoms with Crippen LogP contribution in [0, 0.1) is 0 Å². The minimum atomic E-state index is -0.721. The van der Waals surface area contributed by atoms with Gasteiger partial charge in [-0.3, -0.25) is 4.79 Å². The van der Waals surface area contributed by atoms with Crippen LogP contribution in [-0.4, -0.2) is 45.4 Å². The average Bonchev–Trinajstić information content (AvgIpc) is 2.54. The molecular weight excluding hydrogens is 283 g/mol. The van der Waals surface area contributed by atoms with Crippen molar-refractivity contribution in [3.05, 3.63) is 29.8 Å². The maximum absolute atomic E-state index is 13.3. The number of nitrogens with one attached hydrogen (secondary N) is 1. The van der Waals surface area contributed by atoms with Crippen LogP contribution in [0.5, 0.6) is 0 Å². The normalized spacial score (nSPS) is 17.0. The molecule has 1 aromatic rings. The third-order valence-electron chi connectivity index (χ3n) is 4.18. The lowest BCUT2D eigenvalue weighted by Crippen LogP contribution is -2.53. The smallest absolute Gasteiger partial charge is 0.220 e. The van der Waals surface area contributed by atoms with Gasteiger partial charge in [0.1, 0.15) is 6.67 Å². The van der Waals surface area contributed by atoms with E-state index in [4.69, 9.17) is 4.74 Å². The van der Waals surface area contributed by atoms with Gasteiger partial charge in [0, 0.05) is 39.4 Å². The van der Waals surface area contributed by atoms with E-state index in [1.54, 1.807) is 0 Å². The van der Waals surface area contributed by atoms with Gasteiger partial charge in [-0.1, -0.05) is 12.1 Å². The van der Waals surface area contributed by atoms with Crippen molar-refractivity contribution in [1.82, 2.24) is 5.32 Å². The molecule has 22 heavy (non-hydrogen) atoms. The van der Waals surface area contributed by atoms with E-state index in [2.05, 4.69) is 11.4 Å². The van der Waals surface area contributed by atoms with E-state index >= 15 is 0 Å². The van der Waals surface area contributed by atoms with Crippen LogP contribution in [-0.2, 0) is 16.0 Å². The van der Waals surface area contributed by atoms with Gasteiger partial charge in [-0.2, -0.15) is 0 Å². The van der Waals surface area contributed by atoms with Crippen LogP contribution < -0.4 is 10.2 Å². The number of nitrogens with zero attached hydrogens (tertiary/aromatic N) is 1. The number of halogens is 1. The summed E-state index contributed by atoms with van der Waals surface area (Å²) in [5.74, 6) is -0.0881. The van der Waals surface area contributed by atoms with Crippen LogP contribution >= 0.6 is 0 Å². The molecule has 1 heterocycles. The lowest BCUT2D eigenvalue weighted by atomic mass is 9.91. The summed E-state index contributed by atoms with van der Waals surface area (Å²) in [5.41, 5.74) is 1.51. The van der Waals surface area contributed by atoms with Gasteiger partial charge in [0.25, 0.3) is 0 Å². The summed E-state index contributed by atoms with van der Waals surface area (Å²) in [6, 6.07) is 8.11. The van der Waals surface area contributed by atoms with Gasteiger partial charge in [0.15, 0.2) is 0 Å². The van der Waals surface area contributed by atoms with Gasteiger partial charge in [-0.25, -0.2) is 4.39 Å². The number of benzene rings is 1. The van der Waals surface area contributed by atoms with Crippen LogP contribution in [0.2, 0.25) is 0 Å². The highest BCUT2D eigenvalue weighted by molar-refractivity contribution is 5.77. The highest BCUT2D eigenvalue weighted by Crippen LogP contribution is 2.22. The van der Waals surface area contributed by atoms with Crippen molar-refractivity contribution >= 4 is 11.6 Å². The highest BCUT2D eigenvalue weighted by atomic mass is 19.1. The maximum Gasteiger partial charge on any atom is 0.220 e. The van der Waals surface area contributed by atoms with Gasteiger partial charge in [0.2, 0.25) is 5.91 Å². The zero-order valence-electron chi connectivity index (χ0n) is 13.4. The van der Waals surface area contributed by atoms with Crippen molar-refractivity contribution < 1.29 is 13.9 Å². The molecule has 0 spiro atoms. The predicted octanol–water partition coefficient (Wildman–Crippen LogP) is 2.32. The molecule has 0 saturated carbocycles. The number of carbonyl (C=O) groups is 1. The third kappa shape index (κ3) is 4.44. The number of aryl methyl sites for hydroxylation is 1. The Morgan fingerprint density at radius 3 is 2.73 bits per heavy atom. The minimum Gasteiger partial charge on any atom is -0.381 e. The molecule has 4 nitrogen and oxygen atoms in total. The van der Waals surface area contributed by atoms with Gasteiger partial charge in [-0.15, -0.1) is 0 Å². The molecule has 1 aliphatic rings. The summed E-state index contributed by atoms with van der Waals surface area (Å²) in [6.45, 7) is 0.488. The molecule has 1 amide bonds. The molecule has 0 bridgehead atoms. The highest BCUT2D eigenvalue weighted by Gasteiger charge is 2.34. The predicted molar refractivity (Wildman–Crippen MR) is 86.0 cm³/mol. The van der Waals surface area contributed by atoms with Crippen molar-refractivity contribution in [2.24, 2.45) is 0 Å². The molecular formula is C17H25FN2O2. The lowest BCUT2D eigenvalue weighted by Gasteiger charge is -2.35. The molecule has 2 rings (SSSR count). The number of anilines is 1. The van der Waals surface area contributed by atoms with E-state index in [9.17, 15) is 9.18 Å². The van der Waals surface area contributed by atoms with Crippen LogP contribution in [0.25, 0.3) is 0 Å². The van der Waals surface area contributed by atoms with Gasteiger partial charge in [0.05, 0.1) is 5.54 Å². The summed E-state index contributed by atoms with van der Waals surface area (Å²) in [4.78, 5) is 14.2. The largest absolute Gasteiger partial charge is 0.381 e. The second kappa shape index (κ2) is 7.58. The van der Waals surface area contributed by atoms with E-state index < -0.39 is 12.2 Å². The molecule has 122 valence electrons. The SMILES string of the molecule is CN(C)c1cccc(CCC(=O)NC2(CF)CCOCC2)c1. The fourth-order valence-corrected chi connectivity index (χ4v) is 2.66. The Bertz CT molecular complexity index is 499. The Hall–Kier alpha value is -1.62. The zero-order chi connectivity index (χ0) is 16.0. The standard InChI is InChI=1S/C17H25FN2O2/c1-20(2)15-5-3-4-14(12-15)6-7-16(21)19-17(13-18)8-10-22-11-9-17/h3-5,12H,6-11,13H2,1-2H3,(H,19,21). The molecule has 0 unspecified atom stereocenters. The molecule has 0 aliphatic carbocycles. The summed E-state index contributed by atoms with van der Waals surface area (Å²) < 4.78 is 18.6. The number of amides is 1. The van der Waals surface area contributed by atoms with Crippen molar-refractivity contribution in [2.75, 3.05) is 38.9 Å². The first-order valence-electron chi connectivity index (χ1n) is 7.76. The summed E-state index contributed by atoms with van der Waals surface area (Å²) >= 11 is 0. The minimum absolute atomic E-state index is 0.0881. The van der Waals surface area contributed by atoms with Crippen molar-refractivity contribution in [3.8, 4) is 0 Å². The first-order chi connectivity index (χ1) is 10.5. The van der Waals surface area contributed by atoms with E-state index in [-0.39, 0.29) is 5.91 Å². The second-order valence-electron chi connectivity index (χ2n) is 6.14. The van der Waals surface area contributed by atoms with Crippen LogP contribution in [0.15, 0.2) is 24.3 Å². The average molecular weight is 308 g/mol. The van der Waals surface area contributed by atoms with Gasteiger partial charge >= 0.3 is 0 Å².